The molecule has 1 aliphatic carbocycles. The van der Waals surface area contributed by atoms with Crippen LogP contribution in [0.3, 0.4) is 0 Å². The van der Waals surface area contributed by atoms with Gasteiger partial charge < -0.3 is 4.74 Å². The maximum Gasteiger partial charge on any atom is 0.235 e. The molecule has 0 aromatic heterocycles. The first-order valence-electron chi connectivity index (χ1n) is 5.87. The Morgan fingerprint density at radius 1 is 1.44 bits per heavy atom. The number of thioether (sulfide) groups is 1. The molecule has 1 heterocycles. The minimum absolute atomic E-state index is 0.285. The van der Waals surface area contributed by atoms with Crippen LogP contribution in [0.25, 0.3) is 0 Å². The average Bonchev–Trinajstić information content (AvgIpc) is 3.06. The Bertz CT molecular complexity index is 520. The number of benzene rings is 1. The molecule has 0 atom stereocenters. The van der Waals surface area contributed by atoms with Crippen molar-refractivity contribution in [3.05, 3.63) is 28.2 Å². The molecule has 94 valence electrons. The van der Waals surface area contributed by atoms with Crippen LogP contribution in [0.4, 0.5) is 0 Å². The van der Waals surface area contributed by atoms with Gasteiger partial charge in [-0.15, -0.1) is 11.8 Å². The van der Waals surface area contributed by atoms with Crippen molar-refractivity contribution in [2.75, 3.05) is 13.2 Å². The van der Waals surface area contributed by atoms with Gasteiger partial charge in [0.05, 0.1) is 24.0 Å². The number of hydrogen-bond acceptors (Lipinski definition) is 4. The van der Waals surface area contributed by atoms with Crippen molar-refractivity contribution in [2.45, 2.75) is 28.5 Å². The molecule has 1 saturated carbocycles. The van der Waals surface area contributed by atoms with Gasteiger partial charge in [0, 0.05) is 9.37 Å². The van der Waals surface area contributed by atoms with Gasteiger partial charge in [-0.05, 0) is 46.5 Å². The highest BCUT2D eigenvalue weighted by Crippen LogP contribution is 2.50. The predicted octanol–water partition coefficient (Wildman–Crippen LogP) is 3.26. The molecule has 3 nitrogen and oxygen atoms in total. The van der Waals surface area contributed by atoms with E-state index in [-0.39, 0.29) is 5.54 Å². The Hall–Kier alpha value is -0.610. The summed E-state index contributed by atoms with van der Waals surface area (Å²) in [5, 5.41) is 0.565. The summed E-state index contributed by atoms with van der Waals surface area (Å²) in [4.78, 5) is 15.6. The third-order valence-electron chi connectivity index (χ3n) is 3.35. The van der Waals surface area contributed by atoms with Crippen LogP contribution < -0.4 is 0 Å². The quantitative estimate of drug-likeness (QED) is 0.630. The predicted molar refractivity (Wildman–Crippen MR) is 73.6 cm³/mol. The molecule has 0 N–H and O–H groups in total. The van der Waals surface area contributed by atoms with Gasteiger partial charge in [0.1, 0.15) is 0 Å². The van der Waals surface area contributed by atoms with E-state index in [0.717, 1.165) is 36.1 Å². The summed E-state index contributed by atoms with van der Waals surface area (Å²) in [6.07, 6.45) is 3.58. The number of carbonyl (C=O) groups excluding carboxylic acids is 1. The molecule has 0 amide bonds. The van der Waals surface area contributed by atoms with Crippen molar-refractivity contribution in [1.29, 1.82) is 0 Å². The highest BCUT2D eigenvalue weighted by Gasteiger charge is 2.45. The van der Waals surface area contributed by atoms with Crippen LogP contribution in [0.1, 0.15) is 18.4 Å². The first-order chi connectivity index (χ1) is 8.73. The van der Waals surface area contributed by atoms with Gasteiger partial charge in [0.15, 0.2) is 0 Å². The molecule has 2 fully saturated rings. The topological polar surface area (TPSA) is 38.7 Å². The van der Waals surface area contributed by atoms with Crippen LogP contribution in [-0.4, -0.2) is 24.5 Å². The molecule has 5 heteroatoms. The Balaban J connectivity index is 1.82. The number of hydrogen-bond donors (Lipinski definition) is 0. The number of isocyanates is 1. The van der Waals surface area contributed by atoms with E-state index in [4.69, 9.17) is 4.74 Å². The summed E-state index contributed by atoms with van der Waals surface area (Å²) in [5.41, 5.74) is 0.819. The Labute approximate surface area is 118 Å². The average molecular weight is 326 g/mol. The monoisotopic (exact) mass is 325 g/mol. The molecule has 0 unspecified atom stereocenters. The van der Waals surface area contributed by atoms with Crippen LogP contribution >= 0.6 is 27.7 Å². The number of aliphatic imine (C=N–C) groups is 1. The molecule has 1 aromatic rings. The summed E-state index contributed by atoms with van der Waals surface area (Å²) in [5.74, 6) is 0. The van der Waals surface area contributed by atoms with Gasteiger partial charge in [-0.1, -0.05) is 6.07 Å². The summed E-state index contributed by atoms with van der Waals surface area (Å²) < 4.78 is 6.25. The van der Waals surface area contributed by atoms with Crippen molar-refractivity contribution in [3.63, 3.8) is 0 Å². The Morgan fingerprint density at radius 3 is 2.72 bits per heavy atom. The molecule has 18 heavy (non-hydrogen) atoms. The molecule has 1 saturated heterocycles. The zero-order valence-corrected chi connectivity index (χ0v) is 12.1. The van der Waals surface area contributed by atoms with Gasteiger partial charge in [-0.25, -0.2) is 4.79 Å². The Kier molecular flexibility index (Phi) is 3.32. The molecule has 2 aliphatic rings. The molecule has 0 bridgehead atoms. The third kappa shape index (κ3) is 2.28. The SMILES string of the molecule is O=C=NC1(c2ccc(SC3COC3)c(Br)c2)CC1. The summed E-state index contributed by atoms with van der Waals surface area (Å²) in [6, 6.07) is 6.25. The van der Waals surface area contributed by atoms with E-state index in [0.29, 0.717) is 5.25 Å². The molecule has 0 spiro atoms. The zero-order valence-electron chi connectivity index (χ0n) is 9.69. The fourth-order valence-corrected chi connectivity index (χ4v) is 3.68. The lowest BCUT2D eigenvalue weighted by Crippen LogP contribution is -2.30. The highest BCUT2D eigenvalue weighted by atomic mass is 79.9. The summed E-state index contributed by atoms with van der Waals surface area (Å²) in [7, 11) is 0. The lowest BCUT2D eigenvalue weighted by atomic mass is 10.1. The van der Waals surface area contributed by atoms with Crippen molar-refractivity contribution < 1.29 is 9.53 Å². The molecular weight excluding hydrogens is 314 g/mol. The second-order valence-electron chi connectivity index (χ2n) is 4.66. The number of rotatable bonds is 4. The lowest BCUT2D eigenvalue weighted by molar-refractivity contribution is 0.0455. The zero-order chi connectivity index (χ0) is 12.6. The lowest BCUT2D eigenvalue weighted by Gasteiger charge is -2.25. The normalized spacial score (nSPS) is 20.9. The van der Waals surface area contributed by atoms with E-state index in [1.165, 1.54) is 4.90 Å². The van der Waals surface area contributed by atoms with Gasteiger partial charge in [-0.3, -0.25) is 0 Å². The molecule has 1 aromatic carbocycles. The first-order valence-corrected chi connectivity index (χ1v) is 7.54. The van der Waals surface area contributed by atoms with Crippen molar-refractivity contribution in [2.24, 2.45) is 4.99 Å². The van der Waals surface area contributed by atoms with E-state index in [1.54, 1.807) is 6.08 Å². The van der Waals surface area contributed by atoms with E-state index < -0.39 is 0 Å². The van der Waals surface area contributed by atoms with Crippen LogP contribution in [0.2, 0.25) is 0 Å². The molecule has 0 radical (unpaired) electrons. The van der Waals surface area contributed by atoms with Crippen LogP contribution in [0.5, 0.6) is 0 Å². The fourth-order valence-electron chi connectivity index (χ4n) is 2.02. The maximum absolute atomic E-state index is 10.5. The van der Waals surface area contributed by atoms with E-state index in [1.807, 2.05) is 11.8 Å². The second-order valence-corrected chi connectivity index (χ2v) is 6.85. The smallest absolute Gasteiger partial charge is 0.235 e. The minimum atomic E-state index is -0.285. The van der Waals surface area contributed by atoms with Gasteiger partial charge in [0.25, 0.3) is 0 Å². The van der Waals surface area contributed by atoms with Gasteiger partial charge in [-0.2, -0.15) is 4.99 Å². The van der Waals surface area contributed by atoms with Crippen molar-refractivity contribution in [3.8, 4) is 0 Å². The molecule has 3 rings (SSSR count). The largest absolute Gasteiger partial charge is 0.379 e. The minimum Gasteiger partial charge on any atom is -0.379 e. The number of nitrogens with zero attached hydrogens (tertiary/aromatic N) is 1. The van der Waals surface area contributed by atoms with Crippen molar-refractivity contribution >= 4 is 33.8 Å². The molecular formula is C13H12BrNO2S. The van der Waals surface area contributed by atoms with Crippen LogP contribution in [-0.2, 0) is 15.1 Å². The van der Waals surface area contributed by atoms with Gasteiger partial charge in [0.2, 0.25) is 6.08 Å². The van der Waals surface area contributed by atoms with Crippen LogP contribution in [0, 0.1) is 0 Å². The van der Waals surface area contributed by atoms with E-state index in [9.17, 15) is 4.79 Å². The van der Waals surface area contributed by atoms with Crippen LogP contribution in [0.15, 0.2) is 32.6 Å². The third-order valence-corrected chi connectivity index (χ3v) is 5.49. The molecule has 1 aliphatic heterocycles. The Morgan fingerprint density at radius 2 is 2.22 bits per heavy atom. The standard InChI is InChI=1S/C13H12BrNO2S/c14-11-5-9(13(3-4-13)15-8-16)1-2-12(11)18-10-6-17-7-10/h1-2,5,10H,3-4,6-7H2. The number of halogens is 1. The van der Waals surface area contributed by atoms with E-state index >= 15 is 0 Å². The van der Waals surface area contributed by atoms with Crippen molar-refractivity contribution in [1.82, 2.24) is 0 Å². The summed E-state index contributed by atoms with van der Waals surface area (Å²) in [6.45, 7) is 1.66. The van der Waals surface area contributed by atoms with Gasteiger partial charge >= 0.3 is 0 Å². The maximum atomic E-state index is 10.5. The van der Waals surface area contributed by atoms with E-state index in [2.05, 4.69) is 39.1 Å². The summed E-state index contributed by atoms with van der Waals surface area (Å²) >= 11 is 5.43. The second kappa shape index (κ2) is 4.82. The number of ether oxygens (including phenoxy) is 1. The highest BCUT2D eigenvalue weighted by molar-refractivity contribution is 9.10. The fraction of sp³-hybridized carbons (Fsp3) is 0.462. The first kappa shape index (κ1) is 12.4.